The molecule has 0 saturated heterocycles. The van der Waals surface area contributed by atoms with Crippen LogP contribution in [0.25, 0.3) is 0 Å². The van der Waals surface area contributed by atoms with Crippen LogP contribution < -0.4 is 35.1 Å². The zero-order valence-corrected chi connectivity index (χ0v) is 17.0. The van der Waals surface area contributed by atoms with Crippen molar-refractivity contribution in [2.75, 3.05) is 43.5 Å². The molecule has 0 spiro atoms. The van der Waals surface area contributed by atoms with Gasteiger partial charge in [-0.3, -0.25) is 15.5 Å². The summed E-state index contributed by atoms with van der Waals surface area (Å²) < 4.78 is 16.8. The van der Waals surface area contributed by atoms with Crippen LogP contribution in [0.2, 0.25) is 0 Å². The molecule has 3 amide bonds. The van der Waals surface area contributed by atoms with E-state index in [-0.39, 0.29) is 17.2 Å². The molecule has 0 saturated carbocycles. The van der Waals surface area contributed by atoms with Gasteiger partial charge < -0.3 is 29.7 Å². The van der Waals surface area contributed by atoms with Crippen LogP contribution in [0.1, 0.15) is 0 Å². The number of anilines is 3. The molecule has 160 valence electrons. The van der Waals surface area contributed by atoms with E-state index in [4.69, 9.17) is 24.9 Å². The van der Waals surface area contributed by atoms with Crippen molar-refractivity contribution in [1.82, 2.24) is 5.32 Å². The second-order valence-corrected chi connectivity index (χ2v) is 6.42. The van der Waals surface area contributed by atoms with E-state index >= 15 is 0 Å². The number of benzene rings is 2. The van der Waals surface area contributed by atoms with Crippen LogP contribution in [0.4, 0.5) is 21.9 Å². The fourth-order valence-corrected chi connectivity index (χ4v) is 2.88. The van der Waals surface area contributed by atoms with E-state index in [2.05, 4.69) is 10.6 Å². The predicted octanol–water partition coefficient (Wildman–Crippen LogP) is 2.51. The number of urea groups is 1. The molecule has 0 atom stereocenters. The van der Waals surface area contributed by atoms with E-state index in [1.54, 1.807) is 6.07 Å². The molecular weight excluding hydrogens is 404 g/mol. The molecule has 1 heterocycles. The van der Waals surface area contributed by atoms with Crippen molar-refractivity contribution >= 4 is 34.7 Å². The quantitative estimate of drug-likeness (QED) is 0.517. The maximum absolute atomic E-state index is 12.0. The Balaban J connectivity index is 1.83. The molecule has 1 aliphatic heterocycles. The van der Waals surface area contributed by atoms with Gasteiger partial charge in [0.1, 0.15) is 11.8 Å². The molecule has 0 unspecified atom stereocenters. The van der Waals surface area contributed by atoms with Crippen LogP contribution in [0.15, 0.2) is 30.3 Å². The number of imide groups is 1. The first-order chi connectivity index (χ1) is 14.9. The lowest BCUT2D eigenvalue weighted by molar-refractivity contribution is -0.113. The third kappa shape index (κ3) is 4.59. The van der Waals surface area contributed by atoms with E-state index in [1.165, 1.54) is 32.4 Å². The molecule has 0 fully saturated rings. The van der Waals surface area contributed by atoms with Gasteiger partial charge in [0.2, 0.25) is 5.75 Å². The topological polar surface area (TPSA) is 149 Å². The summed E-state index contributed by atoms with van der Waals surface area (Å²) in [7, 11) is 4.82. The molecule has 4 N–H and O–H groups in total. The van der Waals surface area contributed by atoms with E-state index in [0.717, 1.165) is 11.4 Å². The Bertz CT molecular complexity index is 1070. The van der Waals surface area contributed by atoms with Gasteiger partial charge in [-0.2, -0.15) is 5.26 Å². The van der Waals surface area contributed by atoms with Crippen LogP contribution in [-0.4, -0.2) is 45.6 Å². The number of carbonyl (C=O) groups is 2. The fraction of sp³-hybridized carbons (Fsp3) is 0.200. The minimum absolute atomic E-state index is 0.243. The van der Waals surface area contributed by atoms with Gasteiger partial charge >= 0.3 is 6.03 Å². The van der Waals surface area contributed by atoms with Gasteiger partial charge in [0.05, 0.1) is 38.0 Å². The Kier molecular flexibility index (Phi) is 6.11. The third-order valence-electron chi connectivity index (χ3n) is 4.39. The van der Waals surface area contributed by atoms with Crippen LogP contribution in [0.5, 0.6) is 23.0 Å². The molecule has 31 heavy (non-hydrogen) atoms. The summed E-state index contributed by atoms with van der Waals surface area (Å²) in [6.45, 7) is 0.699. The van der Waals surface area contributed by atoms with Crippen molar-refractivity contribution in [1.29, 1.82) is 10.7 Å². The number of rotatable bonds is 6. The molecule has 0 aliphatic carbocycles. The third-order valence-corrected chi connectivity index (χ3v) is 4.39. The van der Waals surface area contributed by atoms with Gasteiger partial charge in [-0.1, -0.05) is 0 Å². The molecule has 11 heteroatoms. The molecule has 2 aromatic carbocycles. The number of methoxy groups -OCH3 is 2. The highest BCUT2D eigenvalue weighted by molar-refractivity contribution is 6.46. The van der Waals surface area contributed by atoms with Gasteiger partial charge in [0, 0.05) is 25.2 Å². The van der Waals surface area contributed by atoms with E-state index < -0.39 is 17.6 Å². The summed E-state index contributed by atoms with van der Waals surface area (Å²) in [5, 5.41) is 23.2. The van der Waals surface area contributed by atoms with Gasteiger partial charge in [0.25, 0.3) is 5.91 Å². The number of fused-ring (bicyclic) bond motifs is 1. The first-order valence-corrected chi connectivity index (χ1v) is 9.00. The maximum atomic E-state index is 12.0. The molecule has 2 aromatic rings. The van der Waals surface area contributed by atoms with Crippen LogP contribution in [0.3, 0.4) is 0 Å². The van der Waals surface area contributed by atoms with Gasteiger partial charge in [-0.05, 0) is 12.1 Å². The molecule has 0 bridgehead atoms. The Morgan fingerprint density at radius 2 is 1.87 bits per heavy atom. The number of hydrogen-bond donors (Lipinski definition) is 4. The summed E-state index contributed by atoms with van der Waals surface area (Å²) >= 11 is 0. The summed E-state index contributed by atoms with van der Waals surface area (Å²) in [5.74, 6) is 0.294. The fourth-order valence-electron chi connectivity index (χ4n) is 2.88. The van der Waals surface area contributed by atoms with Crippen molar-refractivity contribution in [2.24, 2.45) is 0 Å². The molecule has 3 rings (SSSR count). The van der Waals surface area contributed by atoms with Crippen LogP contribution >= 0.6 is 0 Å². The average Bonchev–Trinajstić information content (AvgIpc) is 3.13. The molecule has 0 aromatic heterocycles. The van der Waals surface area contributed by atoms with Gasteiger partial charge in [-0.15, -0.1) is 0 Å². The predicted molar refractivity (Wildman–Crippen MR) is 113 cm³/mol. The first kappa shape index (κ1) is 21.3. The number of nitrogens with zero attached hydrogens (tertiary/aromatic N) is 2. The van der Waals surface area contributed by atoms with E-state index in [0.29, 0.717) is 18.2 Å². The van der Waals surface area contributed by atoms with Gasteiger partial charge in [-0.25, -0.2) is 4.79 Å². The SMILES string of the molecule is COc1cc(NC(=O)NC(=O)C(=N)C#N)cc(OC)c1Oc1ccc2c(c1)N(C)CN2. The largest absolute Gasteiger partial charge is 0.493 e. The molecule has 1 aliphatic rings. The van der Waals surface area contributed by atoms with Crippen molar-refractivity contribution in [3.8, 4) is 29.1 Å². The van der Waals surface area contributed by atoms with Gasteiger partial charge in [0.15, 0.2) is 17.2 Å². The summed E-state index contributed by atoms with van der Waals surface area (Å²) in [4.78, 5) is 25.5. The summed E-state index contributed by atoms with van der Waals surface area (Å²) in [6, 6.07) is 8.99. The Morgan fingerprint density at radius 1 is 1.19 bits per heavy atom. The Labute approximate surface area is 178 Å². The van der Waals surface area contributed by atoms with Crippen molar-refractivity contribution in [2.45, 2.75) is 0 Å². The summed E-state index contributed by atoms with van der Waals surface area (Å²) in [6.07, 6.45) is 0. The first-order valence-electron chi connectivity index (χ1n) is 9.00. The van der Waals surface area contributed by atoms with E-state index in [1.807, 2.05) is 29.4 Å². The maximum Gasteiger partial charge on any atom is 0.326 e. The minimum atomic E-state index is -1.12. The number of amides is 3. The highest BCUT2D eigenvalue weighted by atomic mass is 16.5. The smallest absolute Gasteiger partial charge is 0.326 e. The lowest BCUT2D eigenvalue weighted by atomic mass is 10.2. The number of nitriles is 1. The highest BCUT2D eigenvalue weighted by Crippen LogP contribution is 2.44. The van der Waals surface area contributed by atoms with Crippen molar-refractivity contribution in [3.63, 3.8) is 0 Å². The number of nitrogens with one attached hydrogen (secondary N) is 4. The van der Waals surface area contributed by atoms with E-state index in [9.17, 15) is 9.59 Å². The lowest BCUT2D eigenvalue weighted by Gasteiger charge is -2.17. The number of carbonyl (C=O) groups excluding carboxylic acids is 2. The molecule has 0 radical (unpaired) electrons. The second-order valence-electron chi connectivity index (χ2n) is 6.42. The van der Waals surface area contributed by atoms with Crippen molar-refractivity contribution < 1.29 is 23.8 Å². The van der Waals surface area contributed by atoms with Crippen molar-refractivity contribution in [3.05, 3.63) is 30.3 Å². The second kappa shape index (κ2) is 8.91. The molecule has 11 nitrogen and oxygen atoms in total. The standard InChI is InChI=1S/C20H20N6O5/c1-26-10-23-14-5-4-12(8-15(14)26)31-18-16(29-2)6-11(7-17(18)30-3)24-20(28)25-19(27)13(22)9-21/h4-8,22-23H,10H2,1-3H3,(H2,24,25,27,28). The average molecular weight is 424 g/mol. The van der Waals surface area contributed by atoms with Crippen LogP contribution in [-0.2, 0) is 4.79 Å². The number of hydrogen-bond acceptors (Lipinski definition) is 9. The minimum Gasteiger partial charge on any atom is -0.493 e. The van der Waals surface area contributed by atoms with Crippen LogP contribution in [0, 0.1) is 16.7 Å². The highest BCUT2D eigenvalue weighted by Gasteiger charge is 2.20. The summed E-state index contributed by atoms with van der Waals surface area (Å²) in [5.41, 5.74) is 1.34. The Hall–Kier alpha value is -4.46. The normalized spacial score (nSPS) is 11.5. The zero-order valence-electron chi connectivity index (χ0n) is 17.0. The zero-order chi connectivity index (χ0) is 22.5. The number of ether oxygens (including phenoxy) is 3. The Morgan fingerprint density at radius 3 is 2.48 bits per heavy atom. The monoisotopic (exact) mass is 424 g/mol. The molecular formula is C20H20N6O5. The lowest BCUT2D eigenvalue weighted by Crippen LogP contribution is -2.38.